The van der Waals surface area contributed by atoms with Crippen LogP contribution in [0.1, 0.15) is 48.1 Å². The first-order valence-electron chi connectivity index (χ1n) is 6.08. The van der Waals surface area contributed by atoms with E-state index in [9.17, 15) is 5.11 Å². The van der Waals surface area contributed by atoms with Gasteiger partial charge < -0.3 is 9.84 Å². The lowest BCUT2D eigenvalue weighted by atomic mass is 9.99. The average Bonchev–Trinajstić information content (AvgIpc) is 2.69. The van der Waals surface area contributed by atoms with Gasteiger partial charge in [-0.2, -0.15) is 0 Å². The summed E-state index contributed by atoms with van der Waals surface area (Å²) >= 11 is 1.77. The Bertz CT molecular complexity index is 320. The summed E-state index contributed by atoms with van der Waals surface area (Å²) in [5, 5.41) is 10.0. The van der Waals surface area contributed by atoms with Crippen molar-refractivity contribution in [2.75, 3.05) is 6.61 Å². The maximum Gasteiger partial charge on any atom is 0.111 e. The fourth-order valence-corrected chi connectivity index (χ4v) is 3.27. The molecular weight excluding hydrogens is 220 g/mol. The Labute approximate surface area is 101 Å². The zero-order valence-electron chi connectivity index (χ0n) is 10.0. The van der Waals surface area contributed by atoms with Crippen molar-refractivity contribution in [3.63, 3.8) is 0 Å². The van der Waals surface area contributed by atoms with E-state index in [2.05, 4.69) is 6.07 Å². The Hall–Kier alpha value is -0.380. The molecule has 2 nitrogen and oxygen atoms in total. The van der Waals surface area contributed by atoms with Gasteiger partial charge in [-0.05, 0) is 51.2 Å². The number of aryl methyl sites for hydroxylation is 2. The van der Waals surface area contributed by atoms with Crippen LogP contribution in [0.4, 0.5) is 0 Å². The molecule has 0 aliphatic heterocycles. The summed E-state index contributed by atoms with van der Waals surface area (Å²) < 4.78 is 5.45. The quantitative estimate of drug-likeness (QED) is 0.876. The molecule has 0 amide bonds. The van der Waals surface area contributed by atoms with Gasteiger partial charge in [-0.1, -0.05) is 0 Å². The highest BCUT2D eigenvalue weighted by Gasteiger charge is 2.17. The molecule has 1 unspecified atom stereocenters. The van der Waals surface area contributed by atoms with Crippen LogP contribution in [0.2, 0.25) is 0 Å². The zero-order chi connectivity index (χ0) is 11.5. The topological polar surface area (TPSA) is 29.5 Å². The third-order valence-electron chi connectivity index (χ3n) is 2.93. The molecule has 1 aliphatic rings. The summed E-state index contributed by atoms with van der Waals surface area (Å²) in [6, 6.07) is 2.17. The van der Waals surface area contributed by atoms with Crippen molar-refractivity contribution in [1.82, 2.24) is 0 Å². The van der Waals surface area contributed by atoms with Crippen LogP contribution in [0.25, 0.3) is 0 Å². The summed E-state index contributed by atoms with van der Waals surface area (Å²) in [6.45, 7) is 4.40. The Morgan fingerprint density at radius 3 is 2.81 bits per heavy atom. The van der Waals surface area contributed by atoms with Gasteiger partial charge in [-0.15, -0.1) is 11.3 Å². The minimum Gasteiger partial charge on any atom is -0.385 e. The molecule has 90 valence electrons. The molecule has 1 N–H and O–H groups in total. The first-order chi connectivity index (χ1) is 7.66. The number of fused-ring (bicyclic) bond motifs is 1. The predicted molar refractivity (Wildman–Crippen MR) is 67.0 cm³/mol. The lowest BCUT2D eigenvalue weighted by Crippen LogP contribution is -2.10. The van der Waals surface area contributed by atoms with Gasteiger partial charge in [0.05, 0.1) is 12.7 Å². The van der Waals surface area contributed by atoms with Crippen LogP contribution >= 0.6 is 11.3 Å². The number of rotatable bonds is 4. The molecule has 0 fully saturated rings. The Balaban J connectivity index is 2.00. The van der Waals surface area contributed by atoms with E-state index in [1.807, 2.05) is 13.8 Å². The molecular formula is C13H20O2S. The third-order valence-corrected chi connectivity index (χ3v) is 4.27. The van der Waals surface area contributed by atoms with Crippen molar-refractivity contribution in [2.24, 2.45) is 0 Å². The molecule has 1 atom stereocenters. The second kappa shape index (κ2) is 5.30. The first kappa shape index (κ1) is 12.1. The number of ether oxygens (including phenoxy) is 1. The fraction of sp³-hybridized carbons (Fsp3) is 0.692. The van der Waals surface area contributed by atoms with Gasteiger partial charge in [0.15, 0.2) is 0 Å². The standard InChI is InChI=1S/C13H20O2S/c1-9(2)15-8-11(14)13-7-10-5-3-4-6-12(10)16-13/h7,9,11,14H,3-6,8H2,1-2H3. The number of hydrogen-bond acceptors (Lipinski definition) is 3. The lowest BCUT2D eigenvalue weighted by Gasteiger charge is -2.11. The molecule has 1 heterocycles. The minimum absolute atomic E-state index is 0.184. The van der Waals surface area contributed by atoms with Gasteiger partial charge in [0, 0.05) is 9.75 Å². The second-order valence-corrected chi connectivity index (χ2v) is 5.87. The Kier molecular flexibility index (Phi) is 4.00. The molecule has 2 rings (SSSR count). The summed E-state index contributed by atoms with van der Waals surface area (Å²) in [7, 11) is 0. The van der Waals surface area contributed by atoms with E-state index < -0.39 is 6.10 Å². The van der Waals surface area contributed by atoms with Crippen molar-refractivity contribution in [3.8, 4) is 0 Å². The molecule has 1 aromatic rings. The van der Waals surface area contributed by atoms with Crippen molar-refractivity contribution < 1.29 is 9.84 Å². The van der Waals surface area contributed by atoms with Crippen molar-refractivity contribution in [3.05, 3.63) is 21.4 Å². The summed E-state index contributed by atoms with van der Waals surface area (Å²) in [6.07, 6.45) is 4.71. The van der Waals surface area contributed by atoms with E-state index in [0.29, 0.717) is 6.61 Å². The van der Waals surface area contributed by atoms with Crippen molar-refractivity contribution in [2.45, 2.75) is 51.7 Å². The van der Waals surface area contributed by atoms with Gasteiger partial charge in [0.1, 0.15) is 6.10 Å². The van der Waals surface area contributed by atoms with Crippen LogP contribution in [0, 0.1) is 0 Å². The monoisotopic (exact) mass is 240 g/mol. The highest BCUT2D eigenvalue weighted by atomic mass is 32.1. The molecule has 0 spiro atoms. The summed E-state index contributed by atoms with van der Waals surface area (Å²) in [5.74, 6) is 0. The van der Waals surface area contributed by atoms with E-state index in [1.165, 1.54) is 36.1 Å². The largest absolute Gasteiger partial charge is 0.385 e. The van der Waals surface area contributed by atoms with Crippen LogP contribution in [-0.4, -0.2) is 17.8 Å². The van der Waals surface area contributed by atoms with Crippen LogP contribution in [-0.2, 0) is 17.6 Å². The van der Waals surface area contributed by atoms with E-state index in [1.54, 1.807) is 11.3 Å². The van der Waals surface area contributed by atoms with Gasteiger partial charge in [0.25, 0.3) is 0 Å². The Morgan fingerprint density at radius 2 is 2.12 bits per heavy atom. The molecule has 3 heteroatoms. The number of aliphatic hydroxyl groups is 1. The van der Waals surface area contributed by atoms with E-state index in [4.69, 9.17) is 4.74 Å². The molecule has 0 saturated heterocycles. The maximum absolute atomic E-state index is 10.0. The van der Waals surface area contributed by atoms with E-state index in [0.717, 1.165) is 4.88 Å². The van der Waals surface area contributed by atoms with Crippen molar-refractivity contribution >= 4 is 11.3 Å². The van der Waals surface area contributed by atoms with Gasteiger partial charge >= 0.3 is 0 Å². The number of hydrogen-bond donors (Lipinski definition) is 1. The van der Waals surface area contributed by atoms with Gasteiger partial charge in [-0.3, -0.25) is 0 Å². The molecule has 1 aliphatic carbocycles. The highest BCUT2D eigenvalue weighted by molar-refractivity contribution is 7.12. The van der Waals surface area contributed by atoms with Crippen molar-refractivity contribution in [1.29, 1.82) is 0 Å². The molecule has 0 bridgehead atoms. The van der Waals surface area contributed by atoms with Crippen LogP contribution < -0.4 is 0 Å². The first-order valence-corrected chi connectivity index (χ1v) is 6.89. The normalized spacial score (nSPS) is 17.5. The zero-order valence-corrected chi connectivity index (χ0v) is 10.8. The fourth-order valence-electron chi connectivity index (χ4n) is 2.04. The molecule has 0 saturated carbocycles. The SMILES string of the molecule is CC(C)OCC(O)c1cc2c(s1)CCCC2. The molecule has 16 heavy (non-hydrogen) atoms. The number of aliphatic hydroxyl groups excluding tert-OH is 1. The molecule has 0 aromatic carbocycles. The average molecular weight is 240 g/mol. The third kappa shape index (κ3) is 2.84. The summed E-state index contributed by atoms with van der Waals surface area (Å²) in [5.41, 5.74) is 1.45. The number of thiophene rings is 1. The second-order valence-electron chi connectivity index (χ2n) is 4.70. The maximum atomic E-state index is 10.0. The minimum atomic E-state index is -0.446. The smallest absolute Gasteiger partial charge is 0.111 e. The predicted octanol–water partition coefficient (Wildman–Crippen LogP) is 3.09. The lowest BCUT2D eigenvalue weighted by molar-refractivity contribution is 0.00632. The highest BCUT2D eigenvalue weighted by Crippen LogP contribution is 2.32. The van der Waals surface area contributed by atoms with Crippen LogP contribution in [0.15, 0.2) is 6.07 Å². The molecule has 0 radical (unpaired) electrons. The Morgan fingerprint density at radius 1 is 1.38 bits per heavy atom. The van der Waals surface area contributed by atoms with Gasteiger partial charge in [-0.25, -0.2) is 0 Å². The van der Waals surface area contributed by atoms with E-state index in [-0.39, 0.29) is 6.10 Å². The van der Waals surface area contributed by atoms with Gasteiger partial charge in [0.2, 0.25) is 0 Å². The van der Waals surface area contributed by atoms with Crippen LogP contribution in [0.3, 0.4) is 0 Å². The van der Waals surface area contributed by atoms with E-state index >= 15 is 0 Å². The van der Waals surface area contributed by atoms with Crippen LogP contribution in [0.5, 0.6) is 0 Å². The molecule has 1 aromatic heterocycles. The summed E-state index contributed by atoms with van der Waals surface area (Å²) in [4.78, 5) is 2.55.